The van der Waals surface area contributed by atoms with Crippen molar-refractivity contribution in [3.8, 4) is 5.88 Å². The number of rotatable bonds is 5. The predicted octanol–water partition coefficient (Wildman–Crippen LogP) is -0.553. The van der Waals surface area contributed by atoms with Gasteiger partial charge in [0.05, 0.1) is 29.4 Å². The van der Waals surface area contributed by atoms with Crippen LogP contribution in [-0.4, -0.2) is 76.2 Å². The molecule has 1 aromatic carbocycles. The van der Waals surface area contributed by atoms with Crippen molar-refractivity contribution < 1.29 is 31.1 Å². The summed E-state index contributed by atoms with van der Waals surface area (Å²) in [5, 5.41) is -0.0404. The van der Waals surface area contributed by atoms with E-state index in [1.165, 1.54) is 0 Å². The Hall–Kier alpha value is -3.23. The molecule has 6 radical (unpaired) electrons. The highest BCUT2D eigenvalue weighted by Crippen LogP contribution is 2.38. The van der Waals surface area contributed by atoms with Crippen molar-refractivity contribution in [2.24, 2.45) is 10.7 Å². The van der Waals surface area contributed by atoms with Crippen molar-refractivity contribution in [3.63, 3.8) is 0 Å². The van der Waals surface area contributed by atoms with Crippen LogP contribution < -0.4 is 15.8 Å². The molecule has 0 unspecified atom stereocenters. The maximum Gasteiger partial charge on any atom is 0.275 e. The Kier molecular flexibility index (Phi) is 6.37. The smallest absolute Gasteiger partial charge is 0.275 e. The zero-order chi connectivity index (χ0) is 25.6. The standard InChI is InChI=1S/C17H14B3F3N6O4S/c1-16(6-34(31,32)29(2)15(24)28-16)11-12(22)7(21)3-8(13(11)23)27-14(30)9-4-26-10(5-25-9)33-17(18,19)20/h3-5H,6H2,1-2H3,(H2,24,28)(H,27,30)/t16-/m0/s1. The molecule has 10 nitrogen and oxygen atoms in total. The van der Waals surface area contributed by atoms with Crippen LogP contribution in [0.2, 0.25) is 0 Å². The van der Waals surface area contributed by atoms with Crippen LogP contribution in [0.1, 0.15) is 23.0 Å². The first-order valence-corrected chi connectivity index (χ1v) is 10.8. The number of ether oxygens (including phenoxy) is 1. The summed E-state index contributed by atoms with van der Waals surface area (Å²) in [7, 11) is 12.7. The van der Waals surface area contributed by atoms with Gasteiger partial charge in [0.25, 0.3) is 5.91 Å². The molecule has 0 saturated heterocycles. The van der Waals surface area contributed by atoms with Crippen molar-refractivity contribution in [3.05, 3.63) is 47.2 Å². The first kappa shape index (κ1) is 25.4. The van der Waals surface area contributed by atoms with Gasteiger partial charge in [0.15, 0.2) is 17.5 Å². The number of guanidine groups is 1. The van der Waals surface area contributed by atoms with Crippen LogP contribution in [0.3, 0.4) is 0 Å². The summed E-state index contributed by atoms with van der Waals surface area (Å²) in [4.78, 5) is 23.7. The van der Waals surface area contributed by atoms with Crippen molar-refractivity contribution in [1.29, 1.82) is 0 Å². The highest BCUT2D eigenvalue weighted by molar-refractivity contribution is 7.89. The molecule has 1 aliphatic rings. The van der Waals surface area contributed by atoms with E-state index in [4.69, 9.17) is 34.0 Å². The van der Waals surface area contributed by atoms with E-state index in [2.05, 4.69) is 15.0 Å². The zero-order valence-electron chi connectivity index (χ0n) is 17.7. The van der Waals surface area contributed by atoms with Gasteiger partial charge in [-0.2, -0.15) is 0 Å². The van der Waals surface area contributed by atoms with Gasteiger partial charge >= 0.3 is 0 Å². The molecule has 3 N–H and O–H groups in total. The molecule has 1 amide bonds. The van der Waals surface area contributed by atoms with Gasteiger partial charge in [0.2, 0.25) is 21.9 Å². The molecule has 34 heavy (non-hydrogen) atoms. The monoisotopic (exact) mass is 488 g/mol. The first-order chi connectivity index (χ1) is 15.5. The minimum Gasteiger partial charge on any atom is -0.500 e. The fourth-order valence-corrected chi connectivity index (χ4v) is 4.54. The second-order valence-electron chi connectivity index (χ2n) is 7.53. The van der Waals surface area contributed by atoms with E-state index in [-0.39, 0.29) is 11.6 Å². The summed E-state index contributed by atoms with van der Waals surface area (Å²) in [5.74, 6) is -7.51. The predicted molar refractivity (Wildman–Crippen MR) is 117 cm³/mol. The van der Waals surface area contributed by atoms with E-state index in [1.54, 1.807) is 0 Å². The van der Waals surface area contributed by atoms with Crippen LogP contribution in [0.25, 0.3) is 0 Å². The van der Waals surface area contributed by atoms with Gasteiger partial charge in [-0.1, -0.05) is 0 Å². The van der Waals surface area contributed by atoms with E-state index in [1.807, 2.05) is 5.32 Å². The van der Waals surface area contributed by atoms with Gasteiger partial charge in [0, 0.05) is 13.1 Å². The second-order valence-corrected chi connectivity index (χ2v) is 9.53. The van der Waals surface area contributed by atoms with Gasteiger partial charge in [0.1, 0.15) is 34.8 Å². The molecule has 1 aliphatic heterocycles. The zero-order valence-corrected chi connectivity index (χ0v) is 18.5. The number of halogens is 3. The lowest BCUT2D eigenvalue weighted by Crippen LogP contribution is -2.50. The quantitative estimate of drug-likeness (QED) is 0.426. The van der Waals surface area contributed by atoms with E-state index in [0.29, 0.717) is 10.4 Å². The lowest BCUT2D eigenvalue weighted by Gasteiger charge is -2.35. The molecule has 1 aromatic heterocycles. The van der Waals surface area contributed by atoms with Gasteiger partial charge in [-0.05, 0) is 12.2 Å². The van der Waals surface area contributed by atoms with E-state index in [9.17, 15) is 22.0 Å². The van der Waals surface area contributed by atoms with E-state index in [0.717, 1.165) is 26.4 Å². The Bertz CT molecular complexity index is 1290. The molecule has 0 aliphatic carbocycles. The average Bonchev–Trinajstić information content (AvgIpc) is 2.69. The number of nitrogens with two attached hydrogens (primary N) is 1. The Morgan fingerprint density at radius 3 is 2.41 bits per heavy atom. The molecule has 0 bridgehead atoms. The Balaban J connectivity index is 1.99. The summed E-state index contributed by atoms with van der Waals surface area (Å²) in [6, 6.07) is 0.377. The number of nitrogens with zero attached hydrogens (tertiary/aromatic N) is 4. The summed E-state index contributed by atoms with van der Waals surface area (Å²) in [6.45, 7) is 1.06. The average molecular weight is 488 g/mol. The topological polar surface area (TPSA) is 140 Å². The van der Waals surface area contributed by atoms with Gasteiger partial charge < -0.3 is 15.8 Å². The molecule has 2 heterocycles. The number of sulfonamides is 1. The van der Waals surface area contributed by atoms with E-state index >= 15 is 4.39 Å². The molecule has 172 valence electrons. The van der Waals surface area contributed by atoms with Crippen molar-refractivity contribution in [2.75, 3.05) is 18.1 Å². The maximum absolute atomic E-state index is 15.3. The molecule has 0 saturated carbocycles. The van der Waals surface area contributed by atoms with Crippen LogP contribution in [0.4, 0.5) is 18.9 Å². The third kappa shape index (κ3) is 4.98. The minimum atomic E-state index is -4.13. The highest BCUT2D eigenvalue weighted by Gasteiger charge is 2.44. The summed E-state index contributed by atoms with van der Waals surface area (Å²) in [6.07, 6.45) is 1.83. The van der Waals surface area contributed by atoms with Crippen LogP contribution in [0.15, 0.2) is 23.5 Å². The normalized spacial score (nSPS) is 19.9. The fourth-order valence-electron chi connectivity index (χ4n) is 3.10. The largest absolute Gasteiger partial charge is 0.500 e. The fraction of sp³-hybridized carbons (Fsp3) is 0.294. The number of anilines is 1. The van der Waals surface area contributed by atoms with Gasteiger partial charge in [-0.15, -0.1) is 0 Å². The van der Waals surface area contributed by atoms with Crippen molar-refractivity contribution in [2.45, 2.75) is 17.8 Å². The lowest BCUT2D eigenvalue weighted by molar-refractivity contribution is 0.102. The molecule has 0 spiro atoms. The Labute approximate surface area is 196 Å². The first-order valence-electron chi connectivity index (χ1n) is 9.23. The molecular weight excluding hydrogens is 474 g/mol. The number of benzene rings is 1. The number of carbonyl (C=O) groups excluding carboxylic acids is 1. The number of carbonyl (C=O) groups is 1. The minimum absolute atomic E-state index is 0.239. The number of hydrogen-bond acceptors (Lipinski definition) is 8. The second kappa shape index (κ2) is 8.53. The SMILES string of the molecule is [B]C([B])([B])Oc1cnc(C(=O)Nc2cc(F)c(F)c([C@]3(C)CS(=O)(=O)N(C)C(N)=N3)c2F)cn1. The Morgan fingerprint density at radius 2 is 1.88 bits per heavy atom. The molecule has 0 fully saturated rings. The van der Waals surface area contributed by atoms with Gasteiger partial charge in [-0.3, -0.25) is 4.79 Å². The lowest BCUT2D eigenvalue weighted by atomic mass is 9.52. The third-order valence-corrected chi connectivity index (χ3v) is 6.60. The molecule has 17 heteroatoms. The van der Waals surface area contributed by atoms with Gasteiger partial charge in [-0.25, -0.2) is 40.9 Å². The van der Waals surface area contributed by atoms with Crippen molar-refractivity contribution >= 4 is 51.1 Å². The van der Waals surface area contributed by atoms with Crippen LogP contribution >= 0.6 is 0 Å². The summed E-state index contributed by atoms with van der Waals surface area (Å²) >= 11 is 0. The molecule has 2 aromatic rings. The molecular formula is C17H14B3F3N6O4S. The number of nitrogens with one attached hydrogen (secondary N) is 1. The molecule has 3 rings (SSSR count). The number of aliphatic imine (C=N–C) groups is 1. The summed E-state index contributed by atoms with van der Waals surface area (Å²) in [5.41, 5.74) is 1.22. The van der Waals surface area contributed by atoms with Crippen molar-refractivity contribution in [1.82, 2.24) is 14.3 Å². The van der Waals surface area contributed by atoms with E-state index < -0.39 is 67.2 Å². The maximum atomic E-state index is 15.3. The number of amides is 1. The van der Waals surface area contributed by atoms with Crippen LogP contribution in [-0.2, 0) is 15.6 Å². The number of aromatic nitrogens is 2. The highest BCUT2D eigenvalue weighted by atomic mass is 32.2. The third-order valence-electron chi connectivity index (χ3n) is 4.65. The van der Waals surface area contributed by atoms with Crippen LogP contribution in [0, 0.1) is 17.5 Å². The number of hydrogen-bond donors (Lipinski definition) is 2. The molecule has 1 atom stereocenters. The summed E-state index contributed by atoms with van der Waals surface area (Å²) < 4.78 is 74.5. The van der Waals surface area contributed by atoms with Crippen LogP contribution in [0.5, 0.6) is 5.88 Å². The Morgan fingerprint density at radius 1 is 1.24 bits per heavy atom.